The zero-order chi connectivity index (χ0) is 21.4. The Morgan fingerprint density at radius 1 is 0.966 bits per heavy atom. The van der Waals surface area contributed by atoms with E-state index in [0.717, 1.165) is 11.1 Å². The standard InChI is InChI=1S/C22H27N3O4/c1-15-8-10-17(11-9-15)20(27)25-18-7-5-6-16(12-18)13-23-19(26)14-24-21(28)29-22(2,3)4/h5-12H,13-14H2,1-4H3,(H,23,26)(H,24,28)(H,25,27). The summed E-state index contributed by atoms with van der Waals surface area (Å²) in [6.45, 7) is 7.29. The lowest BCUT2D eigenvalue weighted by Crippen LogP contribution is -2.39. The summed E-state index contributed by atoms with van der Waals surface area (Å²) in [5.74, 6) is -0.544. The maximum Gasteiger partial charge on any atom is 0.408 e. The normalized spacial score (nSPS) is 10.8. The smallest absolute Gasteiger partial charge is 0.408 e. The predicted octanol–water partition coefficient (Wildman–Crippen LogP) is 3.39. The van der Waals surface area contributed by atoms with E-state index < -0.39 is 11.7 Å². The van der Waals surface area contributed by atoms with Crippen LogP contribution in [-0.4, -0.2) is 30.1 Å². The van der Waals surface area contributed by atoms with Gasteiger partial charge in [-0.05, 0) is 57.5 Å². The van der Waals surface area contributed by atoms with Gasteiger partial charge in [-0.1, -0.05) is 29.8 Å². The first-order chi connectivity index (χ1) is 13.6. The van der Waals surface area contributed by atoms with E-state index >= 15 is 0 Å². The average Bonchev–Trinajstić information content (AvgIpc) is 2.64. The second kappa shape index (κ2) is 9.73. The van der Waals surface area contributed by atoms with Gasteiger partial charge < -0.3 is 20.7 Å². The van der Waals surface area contributed by atoms with Gasteiger partial charge in [0.1, 0.15) is 12.1 Å². The topological polar surface area (TPSA) is 96.5 Å². The second-order valence-electron chi connectivity index (χ2n) is 7.65. The number of nitrogens with one attached hydrogen (secondary N) is 3. The van der Waals surface area contributed by atoms with E-state index in [1.807, 2.05) is 25.1 Å². The van der Waals surface area contributed by atoms with Gasteiger partial charge in [0, 0.05) is 17.8 Å². The molecule has 0 spiro atoms. The Morgan fingerprint density at radius 3 is 2.31 bits per heavy atom. The fourth-order valence-corrected chi connectivity index (χ4v) is 2.40. The van der Waals surface area contributed by atoms with Gasteiger partial charge in [-0.15, -0.1) is 0 Å². The lowest BCUT2D eigenvalue weighted by atomic mass is 10.1. The Balaban J connectivity index is 1.83. The maximum atomic E-state index is 12.3. The number of amides is 3. The van der Waals surface area contributed by atoms with Crippen LogP contribution >= 0.6 is 0 Å². The highest BCUT2D eigenvalue weighted by molar-refractivity contribution is 6.04. The fraction of sp³-hybridized carbons (Fsp3) is 0.318. The maximum absolute atomic E-state index is 12.3. The third-order valence-corrected chi connectivity index (χ3v) is 3.78. The number of anilines is 1. The molecule has 0 saturated heterocycles. The van der Waals surface area contributed by atoms with Crippen molar-refractivity contribution < 1.29 is 19.1 Å². The molecule has 29 heavy (non-hydrogen) atoms. The molecule has 2 aromatic carbocycles. The first kappa shape index (κ1) is 21.9. The van der Waals surface area contributed by atoms with Crippen LogP contribution in [0, 0.1) is 6.92 Å². The van der Waals surface area contributed by atoms with E-state index in [-0.39, 0.29) is 24.9 Å². The molecule has 154 valence electrons. The minimum atomic E-state index is -0.645. The van der Waals surface area contributed by atoms with Gasteiger partial charge in [-0.3, -0.25) is 9.59 Å². The molecule has 2 rings (SSSR count). The average molecular weight is 397 g/mol. The van der Waals surface area contributed by atoms with Gasteiger partial charge in [0.05, 0.1) is 0 Å². The van der Waals surface area contributed by atoms with Gasteiger partial charge in [0.2, 0.25) is 5.91 Å². The molecule has 0 aliphatic carbocycles. The minimum absolute atomic E-state index is 0.182. The number of ether oxygens (including phenoxy) is 1. The van der Waals surface area contributed by atoms with Crippen molar-refractivity contribution in [2.45, 2.75) is 39.8 Å². The van der Waals surface area contributed by atoms with Crippen molar-refractivity contribution in [3.05, 3.63) is 65.2 Å². The molecule has 0 bridgehead atoms. The van der Waals surface area contributed by atoms with Gasteiger partial charge in [0.25, 0.3) is 5.91 Å². The molecule has 0 aliphatic rings. The van der Waals surface area contributed by atoms with Crippen molar-refractivity contribution in [1.82, 2.24) is 10.6 Å². The van der Waals surface area contributed by atoms with E-state index in [2.05, 4.69) is 16.0 Å². The van der Waals surface area contributed by atoms with E-state index in [1.54, 1.807) is 51.1 Å². The number of carbonyl (C=O) groups is 3. The van der Waals surface area contributed by atoms with Crippen molar-refractivity contribution in [3.8, 4) is 0 Å². The molecule has 0 fully saturated rings. The Morgan fingerprint density at radius 2 is 1.66 bits per heavy atom. The predicted molar refractivity (Wildman–Crippen MR) is 112 cm³/mol. The Labute approximate surface area is 170 Å². The molecule has 0 atom stereocenters. The number of benzene rings is 2. The highest BCUT2D eigenvalue weighted by Gasteiger charge is 2.16. The lowest BCUT2D eigenvalue weighted by Gasteiger charge is -2.19. The van der Waals surface area contributed by atoms with Gasteiger partial charge >= 0.3 is 6.09 Å². The molecule has 2 aromatic rings. The molecule has 7 heteroatoms. The van der Waals surface area contributed by atoms with Crippen LogP contribution in [0.1, 0.15) is 42.3 Å². The summed E-state index contributed by atoms with van der Waals surface area (Å²) in [4.78, 5) is 35.8. The van der Waals surface area contributed by atoms with Crippen LogP contribution in [0.4, 0.5) is 10.5 Å². The van der Waals surface area contributed by atoms with E-state index in [9.17, 15) is 14.4 Å². The van der Waals surface area contributed by atoms with Crippen molar-refractivity contribution in [1.29, 1.82) is 0 Å². The highest BCUT2D eigenvalue weighted by atomic mass is 16.6. The second-order valence-corrected chi connectivity index (χ2v) is 7.65. The summed E-state index contributed by atoms with van der Waals surface area (Å²) < 4.78 is 5.08. The number of aryl methyl sites for hydroxylation is 1. The summed E-state index contributed by atoms with van der Waals surface area (Å²) in [7, 11) is 0. The van der Waals surface area contributed by atoms with Gasteiger partial charge in [0.15, 0.2) is 0 Å². The summed E-state index contributed by atoms with van der Waals surface area (Å²) in [5.41, 5.74) is 2.48. The molecule has 0 saturated carbocycles. The number of carbonyl (C=O) groups excluding carboxylic acids is 3. The van der Waals surface area contributed by atoms with Crippen LogP contribution in [0.5, 0.6) is 0 Å². The Hall–Kier alpha value is -3.35. The first-order valence-electron chi connectivity index (χ1n) is 9.33. The van der Waals surface area contributed by atoms with Crippen molar-refractivity contribution in [3.63, 3.8) is 0 Å². The number of hydrogen-bond acceptors (Lipinski definition) is 4. The van der Waals surface area contributed by atoms with Crippen molar-refractivity contribution >= 4 is 23.6 Å². The Bertz CT molecular complexity index is 870. The summed E-state index contributed by atoms with van der Waals surface area (Å²) in [6.07, 6.45) is -0.645. The monoisotopic (exact) mass is 397 g/mol. The van der Waals surface area contributed by atoms with Crippen molar-refractivity contribution in [2.75, 3.05) is 11.9 Å². The fourth-order valence-electron chi connectivity index (χ4n) is 2.40. The molecule has 0 radical (unpaired) electrons. The van der Waals surface area contributed by atoms with E-state index in [0.29, 0.717) is 11.3 Å². The van der Waals surface area contributed by atoms with Crippen LogP contribution in [-0.2, 0) is 16.1 Å². The summed E-state index contributed by atoms with van der Waals surface area (Å²) in [5, 5.41) is 7.96. The number of rotatable bonds is 6. The third kappa shape index (κ3) is 8.04. The molecule has 0 heterocycles. The minimum Gasteiger partial charge on any atom is -0.444 e. The molecular weight excluding hydrogens is 370 g/mol. The molecular formula is C22H27N3O4. The third-order valence-electron chi connectivity index (χ3n) is 3.78. The molecule has 3 N–H and O–H groups in total. The zero-order valence-corrected chi connectivity index (χ0v) is 17.2. The largest absolute Gasteiger partial charge is 0.444 e. The molecule has 0 aromatic heterocycles. The quantitative estimate of drug-likeness (QED) is 0.696. The first-order valence-corrected chi connectivity index (χ1v) is 9.33. The number of hydrogen-bond donors (Lipinski definition) is 3. The van der Waals surface area contributed by atoms with E-state index in [4.69, 9.17) is 4.74 Å². The lowest BCUT2D eigenvalue weighted by molar-refractivity contribution is -0.120. The molecule has 7 nitrogen and oxygen atoms in total. The molecule has 0 aliphatic heterocycles. The van der Waals surface area contributed by atoms with Crippen LogP contribution in [0.25, 0.3) is 0 Å². The number of alkyl carbamates (subject to hydrolysis) is 1. The molecule has 3 amide bonds. The van der Waals surface area contributed by atoms with Gasteiger partial charge in [-0.25, -0.2) is 4.79 Å². The molecule has 0 unspecified atom stereocenters. The summed E-state index contributed by atoms with van der Waals surface area (Å²) >= 11 is 0. The van der Waals surface area contributed by atoms with Gasteiger partial charge in [-0.2, -0.15) is 0 Å². The Kier molecular flexibility index (Phi) is 7.36. The van der Waals surface area contributed by atoms with Crippen LogP contribution in [0.15, 0.2) is 48.5 Å². The van der Waals surface area contributed by atoms with Crippen LogP contribution in [0.3, 0.4) is 0 Å². The van der Waals surface area contributed by atoms with E-state index in [1.165, 1.54) is 0 Å². The highest BCUT2D eigenvalue weighted by Crippen LogP contribution is 2.13. The SMILES string of the molecule is Cc1ccc(C(=O)Nc2cccc(CNC(=O)CNC(=O)OC(C)(C)C)c2)cc1. The van der Waals surface area contributed by atoms with Crippen LogP contribution in [0.2, 0.25) is 0 Å². The van der Waals surface area contributed by atoms with Crippen molar-refractivity contribution in [2.24, 2.45) is 0 Å². The summed E-state index contributed by atoms with van der Waals surface area (Å²) in [6, 6.07) is 14.5. The zero-order valence-electron chi connectivity index (χ0n) is 17.2. The van der Waals surface area contributed by atoms with Crippen LogP contribution < -0.4 is 16.0 Å².